The number of rotatable bonds is 3. The lowest BCUT2D eigenvalue weighted by Crippen LogP contribution is -2.48. The van der Waals surface area contributed by atoms with Gasteiger partial charge in [-0.2, -0.15) is 0 Å². The molecule has 1 aromatic heterocycles. The standard InChI is InChI=1S/C13H17ClFN3O/c1-2-3-17-4-6-18(7-5-17)13(19)11-8-10(15)9-16-12(11)14/h8-9H,2-7H2,1H3. The third-order valence-corrected chi connectivity index (χ3v) is 3.54. The smallest absolute Gasteiger partial charge is 0.257 e. The molecule has 1 amide bonds. The molecular formula is C13H17ClFN3O. The summed E-state index contributed by atoms with van der Waals surface area (Å²) < 4.78 is 13.1. The monoisotopic (exact) mass is 285 g/mol. The van der Waals surface area contributed by atoms with Crippen LogP contribution in [-0.2, 0) is 0 Å². The maximum absolute atomic E-state index is 13.1. The number of hydrogen-bond acceptors (Lipinski definition) is 3. The number of nitrogens with zero attached hydrogens (tertiary/aromatic N) is 3. The maximum Gasteiger partial charge on any atom is 0.257 e. The average molecular weight is 286 g/mol. The second-order valence-corrected chi connectivity index (χ2v) is 4.98. The first-order chi connectivity index (χ1) is 9.11. The highest BCUT2D eigenvalue weighted by atomic mass is 35.5. The highest BCUT2D eigenvalue weighted by Crippen LogP contribution is 2.17. The van der Waals surface area contributed by atoms with Gasteiger partial charge in [-0.15, -0.1) is 0 Å². The lowest BCUT2D eigenvalue weighted by molar-refractivity contribution is 0.0637. The Bertz CT molecular complexity index is 461. The Kier molecular flexibility index (Phi) is 4.71. The quantitative estimate of drug-likeness (QED) is 0.798. The van der Waals surface area contributed by atoms with Crippen molar-refractivity contribution in [1.29, 1.82) is 0 Å². The number of carbonyl (C=O) groups is 1. The SMILES string of the molecule is CCCN1CCN(C(=O)c2cc(F)cnc2Cl)CC1. The molecule has 104 valence electrons. The van der Waals surface area contributed by atoms with Crippen LogP contribution in [0.3, 0.4) is 0 Å². The van der Waals surface area contributed by atoms with Gasteiger partial charge in [-0.3, -0.25) is 9.69 Å². The molecule has 4 nitrogen and oxygen atoms in total. The topological polar surface area (TPSA) is 36.4 Å². The second-order valence-electron chi connectivity index (χ2n) is 4.63. The van der Waals surface area contributed by atoms with Crippen LogP contribution in [0.1, 0.15) is 23.7 Å². The zero-order valence-electron chi connectivity index (χ0n) is 10.9. The number of aromatic nitrogens is 1. The number of carbonyl (C=O) groups excluding carboxylic acids is 1. The first kappa shape index (κ1) is 14.2. The summed E-state index contributed by atoms with van der Waals surface area (Å²) in [5.41, 5.74) is 0.144. The highest BCUT2D eigenvalue weighted by Gasteiger charge is 2.24. The van der Waals surface area contributed by atoms with Gasteiger partial charge in [0.1, 0.15) is 11.0 Å². The molecule has 1 fully saturated rings. The van der Waals surface area contributed by atoms with E-state index in [1.165, 1.54) is 0 Å². The molecule has 19 heavy (non-hydrogen) atoms. The van der Waals surface area contributed by atoms with Gasteiger partial charge in [0.05, 0.1) is 11.8 Å². The van der Waals surface area contributed by atoms with Crippen LogP contribution in [-0.4, -0.2) is 53.4 Å². The molecule has 0 aliphatic carbocycles. The van der Waals surface area contributed by atoms with Crippen molar-refractivity contribution in [3.8, 4) is 0 Å². The Morgan fingerprint density at radius 3 is 2.74 bits per heavy atom. The van der Waals surface area contributed by atoms with Gasteiger partial charge in [0.15, 0.2) is 0 Å². The highest BCUT2D eigenvalue weighted by molar-refractivity contribution is 6.32. The summed E-state index contributed by atoms with van der Waals surface area (Å²) in [6, 6.07) is 1.15. The third kappa shape index (κ3) is 3.42. The minimum Gasteiger partial charge on any atom is -0.336 e. The Balaban J connectivity index is 2.03. The Morgan fingerprint density at radius 2 is 2.11 bits per heavy atom. The van der Waals surface area contributed by atoms with Crippen molar-refractivity contribution in [2.75, 3.05) is 32.7 Å². The summed E-state index contributed by atoms with van der Waals surface area (Å²) in [7, 11) is 0. The zero-order chi connectivity index (χ0) is 13.8. The van der Waals surface area contributed by atoms with E-state index in [4.69, 9.17) is 11.6 Å². The van der Waals surface area contributed by atoms with E-state index in [-0.39, 0.29) is 16.6 Å². The van der Waals surface area contributed by atoms with E-state index in [0.29, 0.717) is 13.1 Å². The van der Waals surface area contributed by atoms with Gasteiger partial charge in [0.25, 0.3) is 5.91 Å². The summed E-state index contributed by atoms with van der Waals surface area (Å²) >= 11 is 5.85. The number of piperazine rings is 1. The van der Waals surface area contributed by atoms with Crippen molar-refractivity contribution < 1.29 is 9.18 Å². The molecule has 0 bridgehead atoms. The first-order valence-corrected chi connectivity index (χ1v) is 6.82. The van der Waals surface area contributed by atoms with Gasteiger partial charge in [0, 0.05) is 26.2 Å². The molecule has 1 aliphatic heterocycles. The minimum absolute atomic E-state index is 0.0578. The predicted octanol–water partition coefficient (Wildman–Crippen LogP) is 2.04. The van der Waals surface area contributed by atoms with Crippen LogP contribution in [0.4, 0.5) is 4.39 Å². The van der Waals surface area contributed by atoms with Gasteiger partial charge >= 0.3 is 0 Å². The third-order valence-electron chi connectivity index (χ3n) is 3.24. The first-order valence-electron chi connectivity index (χ1n) is 6.44. The number of amides is 1. The van der Waals surface area contributed by atoms with Crippen LogP contribution in [0, 0.1) is 5.82 Å². The van der Waals surface area contributed by atoms with Gasteiger partial charge < -0.3 is 4.90 Å². The summed E-state index contributed by atoms with van der Waals surface area (Å²) in [4.78, 5) is 19.9. The molecule has 0 spiro atoms. The molecule has 1 saturated heterocycles. The van der Waals surface area contributed by atoms with Crippen LogP contribution in [0.2, 0.25) is 5.15 Å². The number of hydrogen-bond donors (Lipinski definition) is 0. The van der Waals surface area contributed by atoms with E-state index in [9.17, 15) is 9.18 Å². The van der Waals surface area contributed by atoms with Gasteiger partial charge in [-0.1, -0.05) is 18.5 Å². The molecule has 1 aromatic rings. The minimum atomic E-state index is -0.544. The van der Waals surface area contributed by atoms with E-state index >= 15 is 0 Å². The normalized spacial score (nSPS) is 16.7. The molecule has 2 rings (SSSR count). The van der Waals surface area contributed by atoms with E-state index < -0.39 is 5.82 Å². The Labute approximate surface area is 117 Å². The number of halogens is 2. The van der Waals surface area contributed by atoms with Crippen molar-refractivity contribution in [3.63, 3.8) is 0 Å². The lowest BCUT2D eigenvalue weighted by atomic mass is 10.2. The van der Waals surface area contributed by atoms with Crippen molar-refractivity contribution in [2.45, 2.75) is 13.3 Å². The van der Waals surface area contributed by atoms with E-state index in [1.54, 1.807) is 4.90 Å². The molecule has 1 aliphatic rings. The largest absolute Gasteiger partial charge is 0.336 e. The fraction of sp³-hybridized carbons (Fsp3) is 0.538. The van der Waals surface area contributed by atoms with Gasteiger partial charge in [-0.05, 0) is 19.0 Å². The van der Waals surface area contributed by atoms with E-state index in [0.717, 1.165) is 38.3 Å². The molecular weight excluding hydrogens is 269 g/mol. The van der Waals surface area contributed by atoms with Crippen molar-refractivity contribution in [3.05, 3.63) is 28.8 Å². The van der Waals surface area contributed by atoms with Crippen molar-refractivity contribution in [1.82, 2.24) is 14.8 Å². The van der Waals surface area contributed by atoms with E-state index in [1.807, 2.05) is 0 Å². The van der Waals surface area contributed by atoms with Crippen LogP contribution in [0.15, 0.2) is 12.3 Å². The average Bonchev–Trinajstić information content (AvgIpc) is 2.42. The maximum atomic E-state index is 13.1. The molecule has 6 heteroatoms. The van der Waals surface area contributed by atoms with Crippen molar-refractivity contribution >= 4 is 17.5 Å². The summed E-state index contributed by atoms with van der Waals surface area (Å²) in [6.45, 7) is 6.16. The summed E-state index contributed by atoms with van der Waals surface area (Å²) in [5.74, 6) is -0.787. The van der Waals surface area contributed by atoms with Crippen LogP contribution in [0.25, 0.3) is 0 Å². The fourth-order valence-corrected chi connectivity index (χ4v) is 2.42. The Hall–Kier alpha value is -1.20. The van der Waals surface area contributed by atoms with Crippen LogP contribution in [0.5, 0.6) is 0 Å². The predicted molar refractivity (Wildman–Crippen MR) is 71.8 cm³/mol. The van der Waals surface area contributed by atoms with Crippen molar-refractivity contribution in [2.24, 2.45) is 0 Å². The Morgan fingerprint density at radius 1 is 1.42 bits per heavy atom. The molecule has 0 unspecified atom stereocenters. The van der Waals surface area contributed by atoms with Crippen LogP contribution < -0.4 is 0 Å². The molecule has 0 N–H and O–H groups in total. The molecule has 2 heterocycles. The summed E-state index contributed by atoms with van der Waals surface area (Å²) in [6.07, 6.45) is 2.12. The van der Waals surface area contributed by atoms with Gasteiger partial charge in [0.2, 0.25) is 0 Å². The molecule has 0 saturated carbocycles. The van der Waals surface area contributed by atoms with Gasteiger partial charge in [-0.25, -0.2) is 9.37 Å². The zero-order valence-corrected chi connectivity index (χ0v) is 11.7. The summed E-state index contributed by atoms with van der Waals surface area (Å²) in [5, 5.41) is 0.0578. The lowest BCUT2D eigenvalue weighted by Gasteiger charge is -2.34. The molecule has 0 atom stereocenters. The van der Waals surface area contributed by atoms with Crippen LogP contribution >= 0.6 is 11.6 Å². The fourth-order valence-electron chi connectivity index (χ4n) is 2.23. The number of pyridine rings is 1. The van der Waals surface area contributed by atoms with E-state index in [2.05, 4.69) is 16.8 Å². The second kappa shape index (κ2) is 6.30. The molecule has 0 radical (unpaired) electrons. The molecule has 0 aromatic carbocycles.